The van der Waals surface area contributed by atoms with E-state index in [4.69, 9.17) is 0 Å². The molecule has 0 aliphatic rings. The number of rotatable bonds is 5. The van der Waals surface area contributed by atoms with Gasteiger partial charge in [0.05, 0.1) is 0 Å². The van der Waals surface area contributed by atoms with E-state index in [0.29, 0.717) is 4.90 Å². The van der Waals surface area contributed by atoms with E-state index in [2.05, 4.69) is 11.9 Å². The zero-order valence-corrected chi connectivity index (χ0v) is 9.90. The van der Waals surface area contributed by atoms with Gasteiger partial charge in [0.1, 0.15) is 5.82 Å². The number of halogens is 1. The van der Waals surface area contributed by atoms with Gasteiger partial charge in [0.2, 0.25) is 0 Å². The summed E-state index contributed by atoms with van der Waals surface area (Å²) in [5.41, 5.74) is 1.07. The summed E-state index contributed by atoms with van der Waals surface area (Å²) in [5.74, 6) is 0.645. The lowest BCUT2D eigenvalue weighted by Crippen LogP contribution is -2.28. The molecule has 0 aliphatic heterocycles. The molecule has 0 heterocycles. The van der Waals surface area contributed by atoms with Gasteiger partial charge in [-0.15, -0.1) is 11.8 Å². The minimum Gasteiger partial charge on any atom is -0.313 e. The van der Waals surface area contributed by atoms with Crippen molar-refractivity contribution in [1.82, 2.24) is 5.32 Å². The van der Waals surface area contributed by atoms with E-state index in [-0.39, 0.29) is 11.9 Å². The maximum absolute atomic E-state index is 13.3. The SMILES string of the molecule is C=C(C)C(CSc1ccccc1F)NC. The van der Waals surface area contributed by atoms with Crippen LogP contribution in [0.4, 0.5) is 4.39 Å². The van der Waals surface area contributed by atoms with Crippen LogP contribution in [0, 0.1) is 5.82 Å². The average molecular weight is 225 g/mol. The van der Waals surface area contributed by atoms with E-state index in [0.717, 1.165) is 11.3 Å². The largest absolute Gasteiger partial charge is 0.313 e. The third-order valence-corrected chi connectivity index (χ3v) is 3.33. The topological polar surface area (TPSA) is 12.0 Å². The number of thioether (sulfide) groups is 1. The summed E-state index contributed by atoms with van der Waals surface area (Å²) in [6.07, 6.45) is 0. The Bertz CT molecular complexity index is 338. The molecule has 1 aromatic carbocycles. The molecule has 0 saturated heterocycles. The summed E-state index contributed by atoms with van der Waals surface area (Å²) in [6.45, 7) is 5.87. The van der Waals surface area contributed by atoms with Crippen LogP contribution >= 0.6 is 11.8 Å². The first-order valence-corrected chi connectivity index (χ1v) is 5.83. The lowest BCUT2D eigenvalue weighted by molar-refractivity contribution is 0.601. The first kappa shape index (κ1) is 12.3. The molecule has 1 unspecified atom stereocenters. The van der Waals surface area contributed by atoms with Crippen LogP contribution in [0.2, 0.25) is 0 Å². The Balaban J connectivity index is 2.56. The number of benzene rings is 1. The molecule has 0 amide bonds. The molecule has 0 aliphatic carbocycles. The molecule has 0 bridgehead atoms. The highest BCUT2D eigenvalue weighted by molar-refractivity contribution is 7.99. The minimum atomic E-state index is -0.154. The summed E-state index contributed by atoms with van der Waals surface area (Å²) in [7, 11) is 1.89. The highest BCUT2D eigenvalue weighted by Crippen LogP contribution is 2.22. The molecule has 0 fully saturated rings. The van der Waals surface area contributed by atoms with Crippen LogP contribution in [-0.2, 0) is 0 Å². The molecule has 15 heavy (non-hydrogen) atoms. The van der Waals surface area contributed by atoms with Crippen molar-refractivity contribution in [2.24, 2.45) is 0 Å². The van der Waals surface area contributed by atoms with Gasteiger partial charge in [-0.2, -0.15) is 0 Å². The molecule has 0 saturated carbocycles. The molecule has 82 valence electrons. The second kappa shape index (κ2) is 5.93. The smallest absolute Gasteiger partial charge is 0.136 e. The lowest BCUT2D eigenvalue weighted by Gasteiger charge is -2.15. The number of hydrogen-bond donors (Lipinski definition) is 1. The van der Waals surface area contributed by atoms with Gasteiger partial charge < -0.3 is 5.32 Å². The first-order chi connectivity index (χ1) is 7.15. The maximum atomic E-state index is 13.3. The summed E-state index contributed by atoms with van der Waals surface area (Å²) in [6, 6.07) is 7.06. The van der Waals surface area contributed by atoms with E-state index in [1.54, 1.807) is 12.1 Å². The van der Waals surface area contributed by atoms with Crippen molar-refractivity contribution in [3.05, 3.63) is 42.2 Å². The molecule has 0 aromatic heterocycles. The van der Waals surface area contributed by atoms with Gasteiger partial charge in [0.25, 0.3) is 0 Å². The van der Waals surface area contributed by atoms with Crippen LogP contribution in [0.3, 0.4) is 0 Å². The number of nitrogens with one attached hydrogen (secondary N) is 1. The highest BCUT2D eigenvalue weighted by Gasteiger charge is 2.08. The zero-order valence-electron chi connectivity index (χ0n) is 9.09. The third-order valence-electron chi connectivity index (χ3n) is 2.19. The van der Waals surface area contributed by atoms with Crippen LogP contribution in [0.15, 0.2) is 41.3 Å². The average Bonchev–Trinajstić information content (AvgIpc) is 2.21. The van der Waals surface area contributed by atoms with Gasteiger partial charge in [-0.3, -0.25) is 0 Å². The maximum Gasteiger partial charge on any atom is 0.136 e. The van der Waals surface area contributed by atoms with Gasteiger partial charge in [-0.25, -0.2) is 4.39 Å². The fourth-order valence-electron chi connectivity index (χ4n) is 1.21. The fraction of sp³-hybridized carbons (Fsp3) is 0.333. The molecule has 1 nitrogen and oxygen atoms in total. The molecular weight excluding hydrogens is 209 g/mol. The first-order valence-electron chi connectivity index (χ1n) is 4.85. The predicted octanol–water partition coefficient (Wildman–Crippen LogP) is 3.08. The fourth-order valence-corrected chi connectivity index (χ4v) is 2.39. The van der Waals surface area contributed by atoms with Crippen molar-refractivity contribution in [2.45, 2.75) is 17.9 Å². The summed E-state index contributed by atoms with van der Waals surface area (Å²) >= 11 is 1.51. The van der Waals surface area contributed by atoms with Crippen molar-refractivity contribution in [1.29, 1.82) is 0 Å². The standard InChI is InChI=1S/C12H16FNS/c1-9(2)11(14-3)8-15-12-7-5-4-6-10(12)13/h4-7,11,14H,1,8H2,2-3H3. The van der Waals surface area contributed by atoms with Gasteiger partial charge >= 0.3 is 0 Å². The third kappa shape index (κ3) is 3.68. The highest BCUT2D eigenvalue weighted by atomic mass is 32.2. The Morgan fingerprint density at radius 2 is 2.20 bits per heavy atom. The van der Waals surface area contributed by atoms with Crippen LogP contribution in [0.1, 0.15) is 6.92 Å². The van der Waals surface area contributed by atoms with Crippen molar-refractivity contribution < 1.29 is 4.39 Å². The molecule has 1 rings (SSSR count). The molecule has 0 spiro atoms. The molecular formula is C12H16FNS. The van der Waals surface area contributed by atoms with E-state index in [9.17, 15) is 4.39 Å². The van der Waals surface area contributed by atoms with Gasteiger partial charge in [-0.1, -0.05) is 24.3 Å². The molecule has 1 atom stereocenters. The van der Waals surface area contributed by atoms with Crippen LogP contribution in [-0.4, -0.2) is 18.8 Å². The summed E-state index contributed by atoms with van der Waals surface area (Å²) in [4.78, 5) is 0.694. The summed E-state index contributed by atoms with van der Waals surface area (Å²) < 4.78 is 13.3. The van der Waals surface area contributed by atoms with Crippen molar-refractivity contribution >= 4 is 11.8 Å². The number of hydrogen-bond acceptors (Lipinski definition) is 2. The Labute approximate surface area is 94.8 Å². The quantitative estimate of drug-likeness (QED) is 0.610. The van der Waals surface area contributed by atoms with Gasteiger partial charge in [0, 0.05) is 16.7 Å². The monoisotopic (exact) mass is 225 g/mol. The van der Waals surface area contributed by atoms with E-state index >= 15 is 0 Å². The van der Waals surface area contributed by atoms with E-state index in [1.165, 1.54) is 17.8 Å². The summed E-state index contributed by atoms with van der Waals surface area (Å²) in [5, 5.41) is 3.15. The Kier molecular flexibility index (Phi) is 4.85. The second-order valence-electron chi connectivity index (χ2n) is 3.43. The van der Waals surface area contributed by atoms with Crippen molar-refractivity contribution in [3.63, 3.8) is 0 Å². The molecule has 1 aromatic rings. The van der Waals surface area contributed by atoms with Gasteiger partial charge in [0.15, 0.2) is 0 Å². The Morgan fingerprint density at radius 1 is 1.53 bits per heavy atom. The van der Waals surface area contributed by atoms with E-state index < -0.39 is 0 Å². The van der Waals surface area contributed by atoms with Crippen molar-refractivity contribution in [3.8, 4) is 0 Å². The van der Waals surface area contributed by atoms with Gasteiger partial charge in [-0.05, 0) is 26.1 Å². The normalized spacial score (nSPS) is 12.5. The minimum absolute atomic E-state index is 0.154. The van der Waals surface area contributed by atoms with Crippen molar-refractivity contribution in [2.75, 3.05) is 12.8 Å². The molecule has 3 heteroatoms. The Morgan fingerprint density at radius 3 is 2.73 bits per heavy atom. The van der Waals surface area contributed by atoms with Crippen LogP contribution in [0.25, 0.3) is 0 Å². The van der Waals surface area contributed by atoms with Crippen LogP contribution in [0.5, 0.6) is 0 Å². The predicted molar refractivity (Wildman–Crippen MR) is 64.8 cm³/mol. The molecule has 1 N–H and O–H groups in total. The molecule has 0 radical (unpaired) electrons. The lowest BCUT2D eigenvalue weighted by atomic mass is 10.2. The van der Waals surface area contributed by atoms with E-state index in [1.807, 2.05) is 20.0 Å². The number of likely N-dealkylation sites (N-methyl/N-ethyl adjacent to an activating group) is 1. The van der Waals surface area contributed by atoms with Crippen LogP contribution < -0.4 is 5.32 Å². The zero-order chi connectivity index (χ0) is 11.3. The Hall–Kier alpha value is -0.800. The second-order valence-corrected chi connectivity index (χ2v) is 4.49.